The lowest BCUT2D eigenvalue weighted by Crippen LogP contribution is -2.38. The minimum Gasteiger partial charge on any atom is -0.270 e. The third-order valence-corrected chi connectivity index (χ3v) is 5.48. The van der Waals surface area contributed by atoms with Gasteiger partial charge in [0.1, 0.15) is 11.9 Å². The summed E-state index contributed by atoms with van der Waals surface area (Å²) in [4.78, 5) is 22.3. The van der Waals surface area contributed by atoms with Gasteiger partial charge in [-0.25, -0.2) is 13.9 Å². The van der Waals surface area contributed by atoms with E-state index in [-0.39, 0.29) is 23.3 Å². The van der Waals surface area contributed by atoms with Crippen molar-refractivity contribution in [3.8, 4) is 0 Å². The van der Waals surface area contributed by atoms with E-state index in [9.17, 15) is 13.2 Å². The Morgan fingerprint density at radius 2 is 1.78 bits per heavy atom. The van der Waals surface area contributed by atoms with Gasteiger partial charge in [-0.15, -0.1) is 0 Å². The van der Waals surface area contributed by atoms with Gasteiger partial charge in [-0.05, 0) is 23.6 Å². The largest absolute Gasteiger partial charge is 0.270 e. The molecular formula is C19H21N3O4S. The summed E-state index contributed by atoms with van der Waals surface area (Å²) in [6, 6.07) is 15.2. The van der Waals surface area contributed by atoms with E-state index < -0.39 is 22.0 Å². The van der Waals surface area contributed by atoms with Gasteiger partial charge in [0.15, 0.2) is 0 Å². The number of fused-ring (bicyclic) bond motifs is 1. The molecule has 142 valence electrons. The summed E-state index contributed by atoms with van der Waals surface area (Å²) in [6.45, 7) is 3.89. The van der Waals surface area contributed by atoms with Crippen molar-refractivity contribution in [1.29, 1.82) is 0 Å². The Morgan fingerprint density at radius 3 is 2.48 bits per heavy atom. The highest BCUT2D eigenvalue weighted by molar-refractivity contribution is 7.90. The number of rotatable bonds is 6. The number of benzene rings is 2. The predicted octanol–water partition coefficient (Wildman–Crippen LogP) is 2.00. The number of hydrogen-bond donors (Lipinski definition) is 2. The number of hydrogen-bond acceptors (Lipinski definition) is 5. The number of nitrogens with zero attached hydrogens (tertiary/aromatic N) is 1. The molecule has 1 aliphatic heterocycles. The summed E-state index contributed by atoms with van der Waals surface area (Å²) in [5.74, 6) is -0.422. The minimum atomic E-state index is -3.65. The van der Waals surface area contributed by atoms with Crippen LogP contribution in [0.15, 0.2) is 64.5 Å². The Balaban J connectivity index is 1.74. The molecule has 8 heteroatoms. The molecule has 7 nitrogen and oxygen atoms in total. The molecule has 0 bridgehead atoms. The molecule has 2 N–H and O–H groups in total. The van der Waals surface area contributed by atoms with Crippen LogP contribution in [-0.2, 0) is 26.3 Å². The van der Waals surface area contributed by atoms with Crippen LogP contribution in [-0.4, -0.2) is 26.2 Å². The van der Waals surface area contributed by atoms with E-state index in [1.165, 1.54) is 6.07 Å². The Hall–Kier alpha value is -2.71. The highest BCUT2D eigenvalue weighted by atomic mass is 32.2. The first-order chi connectivity index (χ1) is 12.9. The zero-order valence-corrected chi connectivity index (χ0v) is 15.9. The first kappa shape index (κ1) is 19.1. The maximum atomic E-state index is 12.5. The molecule has 0 fully saturated rings. The van der Waals surface area contributed by atoms with Gasteiger partial charge in [-0.3, -0.25) is 19.3 Å². The molecule has 1 heterocycles. The van der Waals surface area contributed by atoms with Crippen LogP contribution < -0.4 is 10.2 Å². The molecule has 0 aliphatic carbocycles. The smallest absolute Gasteiger partial charge is 0.268 e. The average Bonchev–Trinajstić information content (AvgIpc) is 2.91. The van der Waals surface area contributed by atoms with Gasteiger partial charge in [0, 0.05) is 5.56 Å². The van der Waals surface area contributed by atoms with Crippen LogP contribution in [0.25, 0.3) is 0 Å². The lowest BCUT2D eigenvalue weighted by atomic mass is 10.0. The van der Waals surface area contributed by atoms with Gasteiger partial charge < -0.3 is 0 Å². The van der Waals surface area contributed by atoms with Crippen molar-refractivity contribution >= 4 is 21.8 Å². The summed E-state index contributed by atoms with van der Waals surface area (Å²) in [7, 11) is -3.65. The number of sulfonamides is 1. The van der Waals surface area contributed by atoms with Gasteiger partial charge in [0.25, 0.3) is 15.9 Å². The molecule has 0 unspecified atom stereocenters. The fraction of sp³-hybridized carbons (Fsp3) is 0.263. The Bertz CT molecular complexity index is 956. The molecule has 27 heavy (non-hydrogen) atoms. The van der Waals surface area contributed by atoms with Crippen molar-refractivity contribution in [2.45, 2.75) is 31.4 Å². The summed E-state index contributed by atoms with van der Waals surface area (Å²) in [5, 5.41) is 0. The average molecular weight is 387 g/mol. The summed E-state index contributed by atoms with van der Waals surface area (Å²) in [6.07, 6.45) is 0. The van der Waals surface area contributed by atoms with Crippen LogP contribution in [0.1, 0.15) is 25.0 Å². The monoisotopic (exact) mass is 387 g/mol. The first-order valence-corrected chi connectivity index (χ1v) is 10.0. The van der Waals surface area contributed by atoms with Crippen molar-refractivity contribution in [3.63, 3.8) is 0 Å². The molecule has 0 aromatic heterocycles. The predicted molar refractivity (Wildman–Crippen MR) is 101 cm³/mol. The van der Waals surface area contributed by atoms with Crippen LogP contribution in [0.3, 0.4) is 0 Å². The fourth-order valence-corrected chi connectivity index (χ4v) is 3.94. The van der Waals surface area contributed by atoms with E-state index in [0.717, 1.165) is 5.56 Å². The molecule has 1 atom stereocenters. The second-order valence-electron chi connectivity index (χ2n) is 6.51. The quantitative estimate of drug-likeness (QED) is 0.741. The number of hydroxylamine groups is 1. The Morgan fingerprint density at radius 1 is 1.11 bits per heavy atom. The number of nitrogens with one attached hydrogen (secondary N) is 2. The van der Waals surface area contributed by atoms with E-state index in [4.69, 9.17) is 4.84 Å². The maximum absolute atomic E-state index is 12.5. The molecule has 0 spiro atoms. The zero-order chi connectivity index (χ0) is 19.4. The van der Waals surface area contributed by atoms with Crippen molar-refractivity contribution < 1.29 is 18.0 Å². The molecular weight excluding hydrogens is 366 g/mol. The standard InChI is InChI=1S/C19H21N3O4S/c1-13(2)17(19(23)21-26-12-14-8-4-3-5-9-14)20-18-15-10-6-7-11-16(15)27(24,25)22-18/h3-11,13,17H,12H2,1-2H3,(H,20,22)(H,21,23)/t17-/m0/s1. The van der Waals surface area contributed by atoms with Crippen LogP contribution >= 0.6 is 0 Å². The molecule has 3 rings (SSSR count). The van der Waals surface area contributed by atoms with Crippen LogP contribution in [0.5, 0.6) is 0 Å². The van der Waals surface area contributed by atoms with Crippen molar-refractivity contribution in [3.05, 3.63) is 65.7 Å². The van der Waals surface area contributed by atoms with Crippen molar-refractivity contribution in [1.82, 2.24) is 10.2 Å². The molecule has 0 radical (unpaired) electrons. The lowest BCUT2D eigenvalue weighted by Gasteiger charge is -2.17. The number of carbonyl (C=O) groups excluding carboxylic acids is 1. The fourth-order valence-electron chi connectivity index (χ4n) is 2.70. The highest BCUT2D eigenvalue weighted by Crippen LogP contribution is 2.23. The van der Waals surface area contributed by atoms with Crippen LogP contribution in [0, 0.1) is 5.92 Å². The normalized spacial score (nSPS) is 17.4. The third-order valence-electron chi connectivity index (χ3n) is 4.09. The van der Waals surface area contributed by atoms with Crippen molar-refractivity contribution in [2.24, 2.45) is 10.9 Å². The van der Waals surface area contributed by atoms with Crippen LogP contribution in [0.2, 0.25) is 0 Å². The van der Waals surface area contributed by atoms with Gasteiger partial charge >= 0.3 is 0 Å². The van der Waals surface area contributed by atoms with E-state index in [1.54, 1.807) is 18.2 Å². The summed E-state index contributed by atoms with van der Waals surface area (Å²) in [5.41, 5.74) is 3.79. The molecule has 0 saturated heterocycles. The summed E-state index contributed by atoms with van der Waals surface area (Å²) >= 11 is 0. The zero-order valence-electron chi connectivity index (χ0n) is 15.0. The number of carbonyl (C=O) groups is 1. The van der Waals surface area contributed by atoms with E-state index in [0.29, 0.717) is 5.56 Å². The van der Waals surface area contributed by atoms with Gasteiger partial charge in [-0.1, -0.05) is 56.3 Å². The SMILES string of the molecule is CC(C)[C@H](N=C1NS(=O)(=O)c2ccccc21)C(=O)NOCc1ccccc1. The lowest BCUT2D eigenvalue weighted by molar-refractivity contribution is -0.136. The van der Waals surface area contributed by atoms with E-state index in [1.807, 2.05) is 44.2 Å². The molecule has 0 saturated carbocycles. The maximum Gasteiger partial charge on any atom is 0.268 e. The van der Waals surface area contributed by atoms with E-state index in [2.05, 4.69) is 15.2 Å². The minimum absolute atomic E-state index is 0.157. The first-order valence-electron chi connectivity index (χ1n) is 8.54. The molecule has 2 aromatic rings. The van der Waals surface area contributed by atoms with E-state index >= 15 is 0 Å². The van der Waals surface area contributed by atoms with Gasteiger partial charge in [0.2, 0.25) is 0 Å². The Kier molecular flexibility index (Phi) is 5.57. The van der Waals surface area contributed by atoms with Gasteiger partial charge in [0.05, 0.1) is 11.5 Å². The molecule has 1 amide bonds. The number of aliphatic imine (C=N–C) groups is 1. The van der Waals surface area contributed by atoms with Gasteiger partial charge in [-0.2, -0.15) is 0 Å². The summed E-state index contributed by atoms with van der Waals surface area (Å²) < 4.78 is 26.8. The number of amides is 1. The molecule has 1 aliphatic rings. The third kappa shape index (κ3) is 4.35. The van der Waals surface area contributed by atoms with Crippen LogP contribution in [0.4, 0.5) is 0 Å². The molecule has 2 aromatic carbocycles. The second kappa shape index (κ2) is 7.89. The number of amidine groups is 1. The highest BCUT2D eigenvalue weighted by Gasteiger charge is 2.32. The van der Waals surface area contributed by atoms with Crippen molar-refractivity contribution in [2.75, 3.05) is 0 Å². The topological polar surface area (TPSA) is 96.9 Å². The Labute approximate surface area is 158 Å². The second-order valence-corrected chi connectivity index (χ2v) is 8.16.